The Balaban J connectivity index is 1.30. The zero-order valence-corrected chi connectivity index (χ0v) is 18.0. The van der Waals surface area contributed by atoms with E-state index >= 15 is 0 Å². The Bertz CT molecular complexity index is 1260. The third-order valence-corrected chi connectivity index (χ3v) is 6.41. The molecule has 3 aromatic rings. The molecule has 2 aliphatic heterocycles. The zero-order valence-electron chi connectivity index (χ0n) is 17.3. The van der Waals surface area contributed by atoms with Gasteiger partial charge in [0.15, 0.2) is 5.76 Å². The van der Waals surface area contributed by atoms with Gasteiger partial charge in [-0.3, -0.25) is 0 Å². The molecule has 3 heterocycles. The first-order valence-electron chi connectivity index (χ1n) is 10.5. The van der Waals surface area contributed by atoms with E-state index < -0.39 is 17.6 Å². The number of halogens is 3. The van der Waals surface area contributed by atoms with Gasteiger partial charge in [0, 0.05) is 18.2 Å². The molecule has 9 heteroatoms. The second kappa shape index (κ2) is 8.61. The lowest BCUT2D eigenvalue weighted by atomic mass is 9.90. The van der Waals surface area contributed by atoms with Crippen LogP contribution in [0.25, 0.3) is 16.8 Å². The van der Waals surface area contributed by atoms with Crippen LogP contribution < -0.4 is 10.1 Å². The summed E-state index contributed by atoms with van der Waals surface area (Å²) in [5.74, 6) is -1.50. The molecule has 0 aliphatic carbocycles. The average Bonchev–Trinajstić information content (AvgIpc) is 3.42. The van der Waals surface area contributed by atoms with Crippen LogP contribution in [0, 0.1) is 11.6 Å². The van der Waals surface area contributed by atoms with Crippen LogP contribution in [-0.4, -0.2) is 28.3 Å². The zero-order chi connectivity index (χ0) is 23.1. The van der Waals surface area contributed by atoms with E-state index in [-0.39, 0.29) is 28.9 Å². The first-order chi connectivity index (χ1) is 15.9. The lowest BCUT2D eigenvalue weighted by Gasteiger charge is -2.26. The summed E-state index contributed by atoms with van der Waals surface area (Å²) < 4.78 is 38.7. The van der Waals surface area contributed by atoms with Gasteiger partial charge >= 0.3 is 5.97 Å². The molecule has 33 heavy (non-hydrogen) atoms. The molecular formula is C24H19ClF2N2O4. The number of nitrogens with one attached hydrogen (secondary N) is 1. The summed E-state index contributed by atoms with van der Waals surface area (Å²) >= 11 is 5.87. The molecule has 2 atom stereocenters. The standard InChI is InChI=1S/C24H19ClF2N2O4/c25-23-18(27)7-6-17(26)22(23)20-10-15(33-29-20)11-32-14-4-1-12(2-5-14)16-9-13-3-8-19(28-13)21(16)24(30)31/h1-2,4-7,10,13,19,28H,3,8-9,11H2,(H,30,31)/t13-,19+/m0/s1. The number of benzene rings is 2. The van der Waals surface area contributed by atoms with Crippen LogP contribution in [0.15, 0.2) is 52.6 Å². The van der Waals surface area contributed by atoms with Crippen molar-refractivity contribution in [3.8, 4) is 17.0 Å². The van der Waals surface area contributed by atoms with Crippen molar-refractivity contribution in [3.05, 3.63) is 76.0 Å². The molecule has 2 aromatic carbocycles. The van der Waals surface area contributed by atoms with Gasteiger partial charge in [-0.25, -0.2) is 13.6 Å². The van der Waals surface area contributed by atoms with E-state index in [1.54, 1.807) is 12.1 Å². The fraction of sp³-hybridized carbons (Fsp3) is 0.250. The third kappa shape index (κ3) is 4.12. The molecule has 0 amide bonds. The summed E-state index contributed by atoms with van der Waals surface area (Å²) in [7, 11) is 0. The number of rotatable bonds is 6. The van der Waals surface area contributed by atoms with Gasteiger partial charge in [-0.05, 0) is 54.7 Å². The maximum atomic E-state index is 14.1. The maximum Gasteiger partial charge on any atom is 0.333 e. The quantitative estimate of drug-likeness (QED) is 0.479. The van der Waals surface area contributed by atoms with E-state index in [1.165, 1.54) is 6.07 Å². The SMILES string of the molecule is O=C(O)C1=C(c2ccc(OCc3cc(-c4c(F)ccc(F)c4Cl)no3)cc2)C[C@@H]2CC[C@H]1N2. The Morgan fingerprint density at radius 2 is 1.94 bits per heavy atom. The van der Waals surface area contributed by atoms with Crippen LogP contribution in [0.4, 0.5) is 8.78 Å². The van der Waals surface area contributed by atoms with Crippen molar-refractivity contribution in [2.45, 2.75) is 38.0 Å². The number of aliphatic carboxylic acids is 1. The molecular weight excluding hydrogens is 454 g/mol. The molecule has 2 bridgehead atoms. The Labute approximate surface area is 192 Å². The van der Waals surface area contributed by atoms with Crippen LogP contribution >= 0.6 is 11.6 Å². The van der Waals surface area contributed by atoms with E-state index in [2.05, 4.69) is 10.5 Å². The summed E-state index contributed by atoms with van der Waals surface area (Å²) in [6.45, 7) is 0.0119. The normalized spacial score (nSPS) is 19.7. The molecule has 5 rings (SSSR count). The van der Waals surface area contributed by atoms with E-state index in [4.69, 9.17) is 20.9 Å². The van der Waals surface area contributed by atoms with E-state index in [0.717, 1.165) is 36.1 Å². The monoisotopic (exact) mass is 472 g/mol. The molecule has 0 spiro atoms. The van der Waals surface area contributed by atoms with Crippen molar-refractivity contribution in [1.82, 2.24) is 10.5 Å². The number of carbonyl (C=O) groups is 1. The van der Waals surface area contributed by atoms with Gasteiger partial charge in [0.2, 0.25) is 0 Å². The number of ether oxygens (including phenoxy) is 1. The van der Waals surface area contributed by atoms with E-state index in [0.29, 0.717) is 29.5 Å². The van der Waals surface area contributed by atoms with Crippen molar-refractivity contribution < 1.29 is 27.9 Å². The smallest absolute Gasteiger partial charge is 0.333 e. The Morgan fingerprint density at radius 1 is 1.18 bits per heavy atom. The number of fused-ring (bicyclic) bond motifs is 2. The highest BCUT2D eigenvalue weighted by atomic mass is 35.5. The minimum absolute atomic E-state index is 0.0119. The molecule has 0 saturated carbocycles. The molecule has 0 radical (unpaired) electrons. The number of nitrogens with zero attached hydrogens (tertiary/aromatic N) is 1. The van der Waals surface area contributed by atoms with Crippen molar-refractivity contribution in [1.29, 1.82) is 0 Å². The maximum absolute atomic E-state index is 14.1. The predicted octanol–water partition coefficient (Wildman–Crippen LogP) is 5.21. The van der Waals surface area contributed by atoms with Crippen LogP contribution in [0.3, 0.4) is 0 Å². The van der Waals surface area contributed by atoms with E-state index in [9.17, 15) is 18.7 Å². The fourth-order valence-corrected chi connectivity index (χ4v) is 4.74. The second-order valence-electron chi connectivity index (χ2n) is 8.10. The van der Waals surface area contributed by atoms with Crippen LogP contribution in [0.5, 0.6) is 5.75 Å². The first-order valence-corrected chi connectivity index (χ1v) is 10.8. The first kappa shape index (κ1) is 21.6. The van der Waals surface area contributed by atoms with Crippen LogP contribution in [0.1, 0.15) is 30.6 Å². The van der Waals surface area contributed by atoms with Crippen molar-refractivity contribution >= 4 is 23.1 Å². The van der Waals surface area contributed by atoms with E-state index in [1.807, 2.05) is 12.1 Å². The summed E-state index contributed by atoms with van der Waals surface area (Å²) in [5.41, 5.74) is 2.05. The molecule has 6 nitrogen and oxygen atoms in total. The fourth-order valence-electron chi connectivity index (χ4n) is 4.49. The lowest BCUT2D eigenvalue weighted by molar-refractivity contribution is -0.133. The highest BCUT2D eigenvalue weighted by Gasteiger charge is 2.37. The highest BCUT2D eigenvalue weighted by molar-refractivity contribution is 6.33. The molecule has 170 valence electrons. The van der Waals surface area contributed by atoms with Gasteiger partial charge in [0.25, 0.3) is 0 Å². The molecule has 2 aliphatic rings. The van der Waals surface area contributed by atoms with Gasteiger partial charge in [0.1, 0.15) is 29.7 Å². The minimum atomic E-state index is -0.890. The number of carboxylic acids is 1. The summed E-state index contributed by atoms with van der Waals surface area (Å²) in [4.78, 5) is 11.8. The van der Waals surface area contributed by atoms with Crippen molar-refractivity contribution in [2.24, 2.45) is 0 Å². The Kier molecular flexibility index (Phi) is 5.64. The van der Waals surface area contributed by atoms with Gasteiger partial charge in [0.05, 0.1) is 16.2 Å². The summed E-state index contributed by atoms with van der Waals surface area (Å²) in [5, 5.41) is 16.5. The third-order valence-electron chi connectivity index (χ3n) is 6.04. The van der Waals surface area contributed by atoms with Crippen LogP contribution in [0.2, 0.25) is 5.02 Å². The summed E-state index contributed by atoms with van der Waals surface area (Å²) in [6.07, 6.45) is 2.48. The summed E-state index contributed by atoms with van der Waals surface area (Å²) in [6, 6.07) is 10.7. The number of hydrogen-bond acceptors (Lipinski definition) is 5. The predicted molar refractivity (Wildman–Crippen MR) is 117 cm³/mol. The van der Waals surface area contributed by atoms with Gasteiger partial charge in [-0.1, -0.05) is 28.9 Å². The number of aromatic nitrogens is 1. The molecule has 1 aromatic heterocycles. The largest absolute Gasteiger partial charge is 0.486 e. The number of carboxylic acid groups (broad SMARTS) is 1. The highest BCUT2D eigenvalue weighted by Crippen LogP contribution is 2.38. The van der Waals surface area contributed by atoms with Crippen molar-refractivity contribution in [3.63, 3.8) is 0 Å². The minimum Gasteiger partial charge on any atom is -0.486 e. The Hall–Kier alpha value is -3.23. The second-order valence-corrected chi connectivity index (χ2v) is 8.48. The lowest BCUT2D eigenvalue weighted by Crippen LogP contribution is -2.38. The molecule has 1 fully saturated rings. The van der Waals surface area contributed by atoms with Crippen LogP contribution in [-0.2, 0) is 11.4 Å². The van der Waals surface area contributed by atoms with Crippen molar-refractivity contribution in [2.75, 3.05) is 0 Å². The van der Waals surface area contributed by atoms with Gasteiger partial charge in [-0.2, -0.15) is 0 Å². The Morgan fingerprint density at radius 3 is 2.70 bits per heavy atom. The molecule has 1 saturated heterocycles. The molecule has 2 N–H and O–H groups in total. The molecule has 0 unspecified atom stereocenters. The average molecular weight is 473 g/mol. The van der Waals surface area contributed by atoms with Gasteiger partial charge < -0.3 is 19.7 Å². The number of hydrogen-bond donors (Lipinski definition) is 2. The topological polar surface area (TPSA) is 84.6 Å². The van der Waals surface area contributed by atoms with Gasteiger partial charge in [-0.15, -0.1) is 0 Å².